The van der Waals surface area contributed by atoms with Crippen molar-refractivity contribution in [1.29, 1.82) is 0 Å². The molecule has 4 heteroatoms. The molecule has 4 nitrogen and oxygen atoms in total. The van der Waals surface area contributed by atoms with Crippen LogP contribution in [0.4, 0.5) is 0 Å². The van der Waals surface area contributed by atoms with Gasteiger partial charge in [-0.1, -0.05) is 12.1 Å². The Bertz CT molecular complexity index is 500. The minimum absolute atomic E-state index is 0.202. The Labute approximate surface area is 106 Å². The maximum atomic E-state index is 5.63. The molecule has 0 fully saturated rings. The molecule has 0 amide bonds. The summed E-state index contributed by atoms with van der Waals surface area (Å²) in [6.45, 7) is 0.680. The van der Waals surface area contributed by atoms with Crippen LogP contribution in [0.1, 0.15) is 5.56 Å². The molecule has 0 saturated heterocycles. The monoisotopic (exact) mass is 244 g/mol. The summed E-state index contributed by atoms with van der Waals surface area (Å²) >= 11 is 0. The van der Waals surface area contributed by atoms with Crippen molar-refractivity contribution in [2.75, 3.05) is 13.9 Å². The second-order valence-corrected chi connectivity index (χ2v) is 3.80. The molecule has 94 valence electrons. The van der Waals surface area contributed by atoms with Crippen LogP contribution < -0.4 is 10.5 Å². The van der Waals surface area contributed by atoms with E-state index < -0.39 is 0 Å². The number of hydrogen-bond acceptors (Lipinski definition) is 4. The number of ether oxygens (including phenoxy) is 2. The van der Waals surface area contributed by atoms with Gasteiger partial charge in [-0.05, 0) is 29.8 Å². The highest BCUT2D eigenvalue weighted by Gasteiger charge is 2.08. The first kappa shape index (κ1) is 12.5. The molecule has 0 atom stereocenters. The van der Waals surface area contributed by atoms with Crippen LogP contribution >= 0.6 is 0 Å². The molecule has 2 N–H and O–H groups in total. The van der Waals surface area contributed by atoms with Gasteiger partial charge < -0.3 is 15.2 Å². The fourth-order valence-corrected chi connectivity index (χ4v) is 1.67. The van der Waals surface area contributed by atoms with E-state index in [-0.39, 0.29) is 6.79 Å². The van der Waals surface area contributed by atoms with Gasteiger partial charge in [-0.3, -0.25) is 4.98 Å². The van der Waals surface area contributed by atoms with Crippen molar-refractivity contribution in [2.24, 2.45) is 5.73 Å². The number of nitrogens with two attached hydrogens (primary N) is 1. The van der Waals surface area contributed by atoms with Crippen LogP contribution in [-0.4, -0.2) is 18.9 Å². The van der Waals surface area contributed by atoms with Crippen molar-refractivity contribution in [3.05, 3.63) is 48.2 Å². The van der Waals surface area contributed by atoms with Crippen molar-refractivity contribution < 1.29 is 9.47 Å². The van der Waals surface area contributed by atoms with Crippen LogP contribution in [0, 0.1) is 0 Å². The second kappa shape index (κ2) is 6.14. The van der Waals surface area contributed by atoms with Crippen LogP contribution in [0.3, 0.4) is 0 Å². The first-order chi connectivity index (χ1) is 8.85. The molecule has 0 unspecified atom stereocenters. The lowest BCUT2D eigenvalue weighted by Crippen LogP contribution is -2.03. The number of rotatable bonds is 5. The maximum Gasteiger partial charge on any atom is 0.188 e. The van der Waals surface area contributed by atoms with Crippen LogP contribution in [0.2, 0.25) is 0 Å². The molecule has 2 aromatic rings. The van der Waals surface area contributed by atoms with E-state index in [0.29, 0.717) is 6.54 Å². The SMILES string of the molecule is COCOc1cc(CN)ccc1-c1ccccn1. The average molecular weight is 244 g/mol. The van der Waals surface area contributed by atoms with Gasteiger partial charge in [0.25, 0.3) is 0 Å². The summed E-state index contributed by atoms with van der Waals surface area (Å²) in [6, 6.07) is 11.6. The second-order valence-electron chi connectivity index (χ2n) is 3.80. The topological polar surface area (TPSA) is 57.4 Å². The highest BCUT2D eigenvalue weighted by molar-refractivity contribution is 5.67. The van der Waals surface area contributed by atoms with Crippen molar-refractivity contribution in [3.8, 4) is 17.0 Å². The predicted octanol–water partition coefficient (Wildman–Crippen LogP) is 2.19. The van der Waals surface area contributed by atoms with Crippen LogP contribution in [0.15, 0.2) is 42.6 Å². The largest absolute Gasteiger partial charge is 0.467 e. The summed E-state index contributed by atoms with van der Waals surface area (Å²) in [7, 11) is 1.59. The Morgan fingerprint density at radius 3 is 2.78 bits per heavy atom. The molecule has 0 aliphatic carbocycles. The standard InChI is InChI=1S/C14H16N2O2/c1-17-10-18-14-8-11(9-15)5-6-12(14)13-4-2-3-7-16-13/h2-8H,9-10,15H2,1H3. The fourth-order valence-electron chi connectivity index (χ4n) is 1.67. The zero-order valence-corrected chi connectivity index (χ0v) is 10.3. The van der Waals surface area contributed by atoms with Crippen LogP contribution in [0.5, 0.6) is 5.75 Å². The Kier molecular flexibility index (Phi) is 4.28. The molecule has 0 bridgehead atoms. The number of methoxy groups -OCH3 is 1. The molecule has 0 saturated carbocycles. The normalized spacial score (nSPS) is 10.3. The Morgan fingerprint density at radius 2 is 2.11 bits per heavy atom. The third-order valence-electron chi connectivity index (χ3n) is 2.55. The zero-order valence-electron chi connectivity index (χ0n) is 10.3. The summed E-state index contributed by atoms with van der Waals surface area (Å²) in [5.41, 5.74) is 8.45. The fraction of sp³-hybridized carbons (Fsp3) is 0.214. The van der Waals surface area contributed by atoms with Gasteiger partial charge in [0.15, 0.2) is 6.79 Å². The van der Waals surface area contributed by atoms with E-state index in [9.17, 15) is 0 Å². The van der Waals surface area contributed by atoms with E-state index >= 15 is 0 Å². The molecule has 0 aliphatic heterocycles. The van der Waals surface area contributed by atoms with Crippen molar-refractivity contribution in [2.45, 2.75) is 6.54 Å². The van der Waals surface area contributed by atoms with Crippen molar-refractivity contribution in [1.82, 2.24) is 4.98 Å². The van der Waals surface area contributed by atoms with Gasteiger partial charge in [-0.25, -0.2) is 0 Å². The van der Waals surface area contributed by atoms with E-state index in [1.807, 2.05) is 36.4 Å². The number of hydrogen-bond donors (Lipinski definition) is 1. The summed E-state index contributed by atoms with van der Waals surface area (Å²) < 4.78 is 10.5. The maximum absolute atomic E-state index is 5.63. The third kappa shape index (κ3) is 2.85. The molecule has 0 radical (unpaired) electrons. The summed E-state index contributed by atoms with van der Waals surface area (Å²) in [5, 5.41) is 0. The molecular formula is C14H16N2O2. The molecule has 0 aliphatic rings. The molecular weight excluding hydrogens is 228 g/mol. The van der Waals surface area contributed by atoms with E-state index in [1.54, 1.807) is 13.3 Å². The smallest absolute Gasteiger partial charge is 0.188 e. The van der Waals surface area contributed by atoms with Crippen LogP contribution in [-0.2, 0) is 11.3 Å². The average Bonchev–Trinajstić information content (AvgIpc) is 2.45. The first-order valence-corrected chi connectivity index (χ1v) is 5.71. The minimum Gasteiger partial charge on any atom is -0.467 e. The zero-order chi connectivity index (χ0) is 12.8. The van der Waals surface area contributed by atoms with Gasteiger partial charge in [0, 0.05) is 25.4 Å². The summed E-state index contributed by atoms with van der Waals surface area (Å²) in [4.78, 5) is 4.32. The van der Waals surface area contributed by atoms with Gasteiger partial charge in [0.2, 0.25) is 0 Å². The lowest BCUT2D eigenvalue weighted by atomic mass is 10.1. The van der Waals surface area contributed by atoms with E-state index in [1.165, 1.54) is 0 Å². The lowest BCUT2D eigenvalue weighted by Gasteiger charge is -2.11. The predicted molar refractivity (Wildman–Crippen MR) is 70.1 cm³/mol. The summed E-state index contributed by atoms with van der Waals surface area (Å²) in [6.07, 6.45) is 1.76. The van der Waals surface area contributed by atoms with Crippen molar-refractivity contribution >= 4 is 0 Å². The van der Waals surface area contributed by atoms with Gasteiger partial charge in [-0.15, -0.1) is 0 Å². The van der Waals surface area contributed by atoms with E-state index in [0.717, 1.165) is 22.6 Å². The van der Waals surface area contributed by atoms with Crippen LogP contribution in [0.25, 0.3) is 11.3 Å². The highest BCUT2D eigenvalue weighted by Crippen LogP contribution is 2.29. The quantitative estimate of drug-likeness (QED) is 0.819. The molecule has 18 heavy (non-hydrogen) atoms. The minimum atomic E-state index is 0.202. The number of nitrogens with zero attached hydrogens (tertiary/aromatic N) is 1. The number of pyridine rings is 1. The molecule has 2 rings (SSSR count). The number of benzene rings is 1. The molecule has 1 aromatic heterocycles. The van der Waals surface area contributed by atoms with Gasteiger partial charge in [0.05, 0.1) is 5.69 Å². The molecule has 0 spiro atoms. The van der Waals surface area contributed by atoms with Gasteiger partial charge >= 0.3 is 0 Å². The van der Waals surface area contributed by atoms with Gasteiger partial charge in [-0.2, -0.15) is 0 Å². The molecule has 1 aromatic carbocycles. The van der Waals surface area contributed by atoms with E-state index in [4.69, 9.17) is 15.2 Å². The summed E-state index contributed by atoms with van der Waals surface area (Å²) in [5.74, 6) is 0.735. The Balaban J connectivity index is 2.39. The van der Waals surface area contributed by atoms with Gasteiger partial charge in [0.1, 0.15) is 5.75 Å². The third-order valence-corrected chi connectivity index (χ3v) is 2.55. The Morgan fingerprint density at radius 1 is 1.22 bits per heavy atom. The molecule has 1 heterocycles. The Hall–Kier alpha value is -1.91. The lowest BCUT2D eigenvalue weighted by molar-refractivity contribution is 0.0515. The van der Waals surface area contributed by atoms with E-state index in [2.05, 4.69) is 4.98 Å². The number of aromatic nitrogens is 1. The van der Waals surface area contributed by atoms with Crippen molar-refractivity contribution in [3.63, 3.8) is 0 Å². The first-order valence-electron chi connectivity index (χ1n) is 5.71. The highest BCUT2D eigenvalue weighted by atomic mass is 16.7.